The summed E-state index contributed by atoms with van der Waals surface area (Å²) in [6.45, 7) is 4.21. The molecule has 0 bridgehead atoms. The van der Waals surface area contributed by atoms with Crippen molar-refractivity contribution < 1.29 is 9.90 Å². The molecule has 16 heavy (non-hydrogen) atoms. The zero-order chi connectivity index (χ0) is 12.2. The zero-order valence-corrected chi connectivity index (χ0v) is 10.2. The van der Waals surface area contributed by atoms with Crippen molar-refractivity contribution in [3.63, 3.8) is 0 Å². The normalized spacial score (nSPS) is 11.1. The van der Waals surface area contributed by atoms with Gasteiger partial charge < -0.3 is 9.90 Å². The fraction of sp³-hybridized carbons (Fsp3) is 0.500. The molecule has 1 atom stereocenters. The summed E-state index contributed by atoms with van der Waals surface area (Å²) in [5, 5.41) is 8.63. The third-order valence-electron chi connectivity index (χ3n) is 2.40. The van der Waals surface area contributed by atoms with Gasteiger partial charge in [-0.05, 0) is 25.0 Å². The Kier molecular flexibility index (Phi) is 9.38. The molecule has 0 saturated carbocycles. The number of carbonyl (C=O) groups excluding carboxylic acids is 1. The van der Waals surface area contributed by atoms with Crippen molar-refractivity contribution in [3.05, 3.63) is 30.3 Å². The van der Waals surface area contributed by atoms with Gasteiger partial charge in [0.2, 0.25) is 0 Å². The first kappa shape index (κ1) is 14.7. The Bertz CT molecular complexity index is 257. The summed E-state index contributed by atoms with van der Waals surface area (Å²) >= 11 is 0. The summed E-state index contributed by atoms with van der Waals surface area (Å²) in [6, 6.07) is 8.71. The van der Waals surface area contributed by atoms with Crippen LogP contribution in [0, 0.1) is 5.92 Å². The lowest BCUT2D eigenvalue weighted by atomic mass is 10.0. The average molecular weight is 222 g/mol. The molecule has 1 aromatic carbocycles. The van der Waals surface area contributed by atoms with E-state index in [2.05, 4.69) is 13.8 Å². The highest BCUT2D eigenvalue weighted by molar-refractivity contribution is 5.53. The Morgan fingerprint density at radius 1 is 1.25 bits per heavy atom. The molecule has 0 radical (unpaired) electrons. The molecule has 0 aromatic heterocycles. The van der Waals surface area contributed by atoms with Crippen LogP contribution in [0.1, 0.15) is 39.5 Å². The molecule has 1 N–H and O–H groups in total. The maximum atomic E-state index is 10.2. The quantitative estimate of drug-likeness (QED) is 0.769. The van der Waals surface area contributed by atoms with Gasteiger partial charge in [-0.25, -0.2) is 0 Å². The highest BCUT2D eigenvalue weighted by Gasteiger charge is 2.01. The Labute approximate surface area is 98.3 Å². The van der Waals surface area contributed by atoms with E-state index in [-0.39, 0.29) is 0 Å². The molecule has 0 aliphatic heterocycles. The van der Waals surface area contributed by atoms with Crippen LogP contribution < -0.4 is 0 Å². The summed E-state index contributed by atoms with van der Waals surface area (Å²) < 4.78 is 0. The number of rotatable bonds is 5. The number of phenolic OH excluding ortho intramolecular Hbond substituents is 1. The van der Waals surface area contributed by atoms with Crippen molar-refractivity contribution in [3.8, 4) is 5.75 Å². The molecule has 0 aliphatic carbocycles. The summed E-state index contributed by atoms with van der Waals surface area (Å²) in [5.41, 5.74) is 0. The van der Waals surface area contributed by atoms with Crippen LogP contribution in [-0.2, 0) is 4.79 Å². The van der Waals surface area contributed by atoms with E-state index < -0.39 is 0 Å². The average Bonchev–Trinajstić information content (AvgIpc) is 2.32. The van der Waals surface area contributed by atoms with Crippen LogP contribution in [0.2, 0.25) is 0 Å². The second-order valence-corrected chi connectivity index (χ2v) is 3.78. The topological polar surface area (TPSA) is 37.3 Å². The van der Waals surface area contributed by atoms with Gasteiger partial charge in [0, 0.05) is 5.92 Å². The van der Waals surface area contributed by atoms with Crippen LogP contribution in [0.25, 0.3) is 0 Å². The van der Waals surface area contributed by atoms with Gasteiger partial charge in [0.05, 0.1) is 0 Å². The number of benzene rings is 1. The minimum atomic E-state index is 0.322. The van der Waals surface area contributed by atoms with Crippen molar-refractivity contribution in [2.75, 3.05) is 0 Å². The lowest BCUT2D eigenvalue weighted by Crippen LogP contribution is -1.98. The minimum Gasteiger partial charge on any atom is -0.508 e. The molecular weight excluding hydrogens is 200 g/mol. The molecule has 0 saturated heterocycles. The van der Waals surface area contributed by atoms with Crippen LogP contribution in [0.4, 0.5) is 0 Å². The first-order valence-electron chi connectivity index (χ1n) is 5.93. The van der Waals surface area contributed by atoms with E-state index in [0.29, 0.717) is 11.7 Å². The van der Waals surface area contributed by atoms with E-state index >= 15 is 0 Å². The van der Waals surface area contributed by atoms with E-state index in [0.717, 1.165) is 19.1 Å². The van der Waals surface area contributed by atoms with Crippen molar-refractivity contribution in [2.45, 2.75) is 39.5 Å². The van der Waals surface area contributed by atoms with Crippen LogP contribution in [0.5, 0.6) is 5.75 Å². The van der Waals surface area contributed by atoms with Gasteiger partial charge in [0.15, 0.2) is 0 Å². The summed E-state index contributed by atoms with van der Waals surface area (Å²) in [4.78, 5) is 10.2. The van der Waals surface area contributed by atoms with Crippen LogP contribution in [0.15, 0.2) is 30.3 Å². The Hall–Kier alpha value is -1.31. The minimum absolute atomic E-state index is 0.322. The van der Waals surface area contributed by atoms with Gasteiger partial charge in [0.1, 0.15) is 12.0 Å². The van der Waals surface area contributed by atoms with Crippen LogP contribution in [0.3, 0.4) is 0 Å². The number of aldehydes is 1. The van der Waals surface area contributed by atoms with Crippen molar-refractivity contribution in [1.82, 2.24) is 0 Å². The number of aromatic hydroxyl groups is 1. The smallest absolute Gasteiger partial charge is 0.123 e. The number of unbranched alkanes of at least 4 members (excludes halogenated alkanes) is 1. The number of hydrogen-bond donors (Lipinski definition) is 1. The molecule has 1 aromatic rings. The molecule has 2 nitrogen and oxygen atoms in total. The zero-order valence-electron chi connectivity index (χ0n) is 10.2. The first-order valence-corrected chi connectivity index (χ1v) is 5.93. The predicted molar refractivity (Wildman–Crippen MR) is 67.5 cm³/mol. The Morgan fingerprint density at radius 2 is 1.88 bits per heavy atom. The molecule has 0 spiro atoms. The monoisotopic (exact) mass is 222 g/mol. The number of hydrogen-bond acceptors (Lipinski definition) is 2. The van der Waals surface area contributed by atoms with Crippen LogP contribution >= 0.6 is 0 Å². The third kappa shape index (κ3) is 8.04. The van der Waals surface area contributed by atoms with Gasteiger partial charge >= 0.3 is 0 Å². The molecule has 0 heterocycles. The van der Waals surface area contributed by atoms with Gasteiger partial charge in [-0.3, -0.25) is 0 Å². The lowest BCUT2D eigenvalue weighted by Gasteiger charge is -2.03. The Morgan fingerprint density at radius 3 is 2.19 bits per heavy atom. The third-order valence-corrected chi connectivity index (χ3v) is 2.40. The number of phenols is 1. The largest absolute Gasteiger partial charge is 0.508 e. The number of carbonyl (C=O) groups is 1. The fourth-order valence-electron chi connectivity index (χ4n) is 1.26. The van der Waals surface area contributed by atoms with Crippen molar-refractivity contribution in [2.24, 2.45) is 5.92 Å². The van der Waals surface area contributed by atoms with Gasteiger partial charge in [-0.2, -0.15) is 0 Å². The first-order chi connectivity index (χ1) is 7.74. The SMILES string of the molecule is CCCCC(C=O)CC.Oc1ccccc1. The van der Waals surface area contributed by atoms with E-state index in [9.17, 15) is 4.79 Å². The van der Waals surface area contributed by atoms with E-state index in [1.807, 2.05) is 6.07 Å². The summed E-state index contributed by atoms with van der Waals surface area (Å²) in [6.07, 6.45) is 5.55. The van der Waals surface area contributed by atoms with Gasteiger partial charge in [0.25, 0.3) is 0 Å². The molecule has 0 amide bonds. The van der Waals surface area contributed by atoms with E-state index in [1.54, 1.807) is 24.3 Å². The summed E-state index contributed by atoms with van der Waals surface area (Å²) in [5.74, 6) is 0.646. The van der Waals surface area contributed by atoms with E-state index in [4.69, 9.17) is 5.11 Å². The molecule has 1 rings (SSSR count). The summed E-state index contributed by atoms with van der Waals surface area (Å²) in [7, 11) is 0. The molecule has 1 unspecified atom stereocenters. The molecular formula is C14H22O2. The highest BCUT2D eigenvalue weighted by Crippen LogP contribution is 2.08. The second kappa shape index (κ2) is 10.2. The second-order valence-electron chi connectivity index (χ2n) is 3.78. The molecule has 0 aliphatic rings. The maximum Gasteiger partial charge on any atom is 0.123 e. The van der Waals surface area contributed by atoms with Crippen molar-refractivity contribution in [1.29, 1.82) is 0 Å². The van der Waals surface area contributed by atoms with Crippen molar-refractivity contribution >= 4 is 6.29 Å². The predicted octanol–water partition coefficient (Wildman–Crippen LogP) is 3.79. The van der Waals surface area contributed by atoms with Crippen LogP contribution in [-0.4, -0.2) is 11.4 Å². The molecule has 2 heteroatoms. The standard InChI is InChI=1S/C8H16O.C6H6O/c1-3-5-6-8(4-2)7-9;7-6-4-2-1-3-5-6/h7-8H,3-6H2,1-2H3;1-5,7H. The molecule has 90 valence electrons. The Balaban J connectivity index is 0.000000288. The number of para-hydroxylation sites is 1. The fourth-order valence-corrected chi connectivity index (χ4v) is 1.26. The van der Waals surface area contributed by atoms with Gasteiger partial charge in [-0.1, -0.05) is 44.9 Å². The highest BCUT2D eigenvalue weighted by atomic mass is 16.3. The van der Waals surface area contributed by atoms with E-state index in [1.165, 1.54) is 12.8 Å². The lowest BCUT2D eigenvalue weighted by molar-refractivity contribution is -0.111. The maximum absolute atomic E-state index is 10.2. The molecule has 0 fully saturated rings. The van der Waals surface area contributed by atoms with Gasteiger partial charge in [-0.15, -0.1) is 0 Å².